The van der Waals surface area contributed by atoms with Gasteiger partial charge in [0.05, 0.1) is 0 Å². The maximum atomic E-state index is 9.00. The van der Waals surface area contributed by atoms with Crippen LogP contribution in [0.3, 0.4) is 0 Å². The number of nitrogens with two attached hydrogens (primary N) is 3. The first-order valence-corrected chi connectivity index (χ1v) is 3.63. The van der Waals surface area contributed by atoms with E-state index in [0.29, 0.717) is 0 Å². The Labute approximate surface area is 75.0 Å². The van der Waals surface area contributed by atoms with Crippen molar-refractivity contribution in [2.75, 3.05) is 22.5 Å². The van der Waals surface area contributed by atoms with Gasteiger partial charge in [-0.25, -0.2) is 0 Å². The molecule has 0 amide bonds. The van der Waals surface area contributed by atoms with Crippen molar-refractivity contribution in [3.8, 4) is 0 Å². The van der Waals surface area contributed by atoms with Crippen molar-refractivity contribution in [3.63, 3.8) is 0 Å². The van der Waals surface area contributed by atoms with Crippen LogP contribution < -0.4 is 22.5 Å². The molecule has 1 aromatic heterocycles. The van der Waals surface area contributed by atoms with Gasteiger partial charge in [-0.1, -0.05) is 0 Å². The fourth-order valence-electron chi connectivity index (χ4n) is 0.813. The number of aromatic nitrogens is 2. The van der Waals surface area contributed by atoms with E-state index in [1.807, 2.05) is 0 Å². The molecule has 13 heavy (non-hydrogen) atoms. The van der Waals surface area contributed by atoms with E-state index in [4.69, 9.17) is 22.3 Å². The molecule has 0 aromatic carbocycles. The molecule has 1 heterocycles. The number of aliphatic hydroxyl groups is 1. The molecule has 0 radical (unpaired) electrons. The van der Waals surface area contributed by atoms with Crippen molar-refractivity contribution >= 4 is 23.3 Å². The number of hydrogen-bond acceptors (Lipinski definition) is 7. The van der Waals surface area contributed by atoms with Crippen LogP contribution in [-0.4, -0.2) is 21.3 Å². The standard InChI is InChI=1S/C6H12N6O/c1-2(13)10-5-3(7)4(8)11-6(9)12-5/h2,13H,7H2,1H3,(H5,8,9,10,11,12). The highest BCUT2D eigenvalue weighted by Gasteiger charge is 2.08. The zero-order valence-electron chi connectivity index (χ0n) is 7.15. The molecule has 0 spiro atoms. The maximum absolute atomic E-state index is 9.00. The molecule has 0 aliphatic rings. The van der Waals surface area contributed by atoms with Gasteiger partial charge in [0.15, 0.2) is 11.6 Å². The van der Waals surface area contributed by atoms with Gasteiger partial charge < -0.3 is 27.6 Å². The van der Waals surface area contributed by atoms with Crippen LogP contribution in [0.1, 0.15) is 6.92 Å². The van der Waals surface area contributed by atoms with Gasteiger partial charge >= 0.3 is 0 Å². The van der Waals surface area contributed by atoms with Crippen molar-refractivity contribution in [2.24, 2.45) is 0 Å². The lowest BCUT2D eigenvalue weighted by Crippen LogP contribution is -2.17. The zero-order chi connectivity index (χ0) is 10.0. The third-order valence-corrected chi connectivity index (χ3v) is 1.34. The van der Waals surface area contributed by atoms with Crippen molar-refractivity contribution < 1.29 is 5.11 Å². The Morgan fingerprint density at radius 3 is 2.46 bits per heavy atom. The molecular weight excluding hydrogens is 172 g/mol. The summed E-state index contributed by atoms with van der Waals surface area (Å²) in [5.74, 6) is 0.338. The fraction of sp³-hybridized carbons (Fsp3) is 0.333. The van der Waals surface area contributed by atoms with Crippen LogP contribution in [0.25, 0.3) is 0 Å². The monoisotopic (exact) mass is 184 g/mol. The SMILES string of the molecule is CC(O)Nc1nc(N)nc(N)c1N. The van der Waals surface area contributed by atoms with Crippen molar-refractivity contribution in [1.82, 2.24) is 9.97 Å². The van der Waals surface area contributed by atoms with E-state index in [2.05, 4.69) is 15.3 Å². The largest absolute Gasteiger partial charge is 0.393 e. The highest BCUT2D eigenvalue weighted by Crippen LogP contribution is 2.21. The van der Waals surface area contributed by atoms with Gasteiger partial charge in [-0.2, -0.15) is 9.97 Å². The summed E-state index contributed by atoms with van der Waals surface area (Å²) in [6, 6.07) is 0. The number of aliphatic hydroxyl groups excluding tert-OH is 1. The molecule has 0 aliphatic heterocycles. The summed E-state index contributed by atoms with van der Waals surface area (Å²) in [5, 5.41) is 11.6. The number of nitrogen functional groups attached to an aromatic ring is 3. The predicted octanol–water partition coefficient (Wildman–Crippen LogP) is -1.03. The Hall–Kier alpha value is -1.76. The molecule has 1 rings (SSSR count). The molecule has 72 valence electrons. The van der Waals surface area contributed by atoms with E-state index in [1.165, 1.54) is 6.92 Å². The van der Waals surface area contributed by atoms with Crippen LogP contribution in [0.5, 0.6) is 0 Å². The Balaban J connectivity index is 3.05. The van der Waals surface area contributed by atoms with Gasteiger partial charge in [-0.05, 0) is 6.92 Å². The molecule has 1 atom stereocenters. The van der Waals surface area contributed by atoms with E-state index >= 15 is 0 Å². The zero-order valence-corrected chi connectivity index (χ0v) is 7.15. The first kappa shape index (κ1) is 9.33. The molecule has 0 saturated heterocycles. The van der Waals surface area contributed by atoms with Gasteiger partial charge in [0, 0.05) is 0 Å². The number of rotatable bonds is 2. The summed E-state index contributed by atoms with van der Waals surface area (Å²) in [5.41, 5.74) is 16.4. The average molecular weight is 184 g/mol. The number of hydrogen-bond donors (Lipinski definition) is 5. The number of nitrogens with zero attached hydrogens (tertiary/aromatic N) is 2. The smallest absolute Gasteiger partial charge is 0.224 e. The van der Waals surface area contributed by atoms with Gasteiger partial charge in [0.1, 0.15) is 11.9 Å². The van der Waals surface area contributed by atoms with Crippen LogP contribution in [0, 0.1) is 0 Å². The molecule has 0 fully saturated rings. The fourth-order valence-corrected chi connectivity index (χ4v) is 0.813. The molecular formula is C6H12N6O. The molecule has 7 nitrogen and oxygen atoms in total. The summed E-state index contributed by atoms with van der Waals surface area (Å²) in [6.45, 7) is 1.52. The minimum absolute atomic E-state index is 0.00912. The Morgan fingerprint density at radius 1 is 1.31 bits per heavy atom. The van der Waals surface area contributed by atoms with E-state index in [-0.39, 0.29) is 23.3 Å². The number of nitrogens with one attached hydrogen (secondary N) is 1. The summed E-state index contributed by atoms with van der Waals surface area (Å²) in [7, 11) is 0. The summed E-state index contributed by atoms with van der Waals surface area (Å²) >= 11 is 0. The average Bonchev–Trinajstić information content (AvgIpc) is 1.98. The first-order chi connectivity index (χ1) is 6.00. The minimum atomic E-state index is -0.781. The summed E-state index contributed by atoms with van der Waals surface area (Å²) in [4.78, 5) is 7.40. The molecule has 8 N–H and O–H groups in total. The van der Waals surface area contributed by atoms with E-state index in [1.54, 1.807) is 0 Å². The van der Waals surface area contributed by atoms with E-state index < -0.39 is 6.23 Å². The molecule has 0 bridgehead atoms. The third kappa shape index (κ3) is 2.09. The molecule has 1 unspecified atom stereocenters. The quantitative estimate of drug-likeness (QED) is 0.371. The van der Waals surface area contributed by atoms with Crippen molar-refractivity contribution in [2.45, 2.75) is 13.2 Å². The Kier molecular flexibility index (Phi) is 2.38. The summed E-state index contributed by atoms with van der Waals surface area (Å²) < 4.78 is 0. The lowest BCUT2D eigenvalue weighted by Gasteiger charge is -2.11. The van der Waals surface area contributed by atoms with Crippen LogP contribution in [0.2, 0.25) is 0 Å². The van der Waals surface area contributed by atoms with Crippen molar-refractivity contribution in [3.05, 3.63) is 0 Å². The molecule has 7 heteroatoms. The second kappa shape index (κ2) is 3.31. The Bertz CT molecular complexity index is 312. The number of anilines is 4. The van der Waals surface area contributed by atoms with Gasteiger partial charge in [0.25, 0.3) is 0 Å². The maximum Gasteiger partial charge on any atom is 0.224 e. The lowest BCUT2D eigenvalue weighted by molar-refractivity contribution is 0.224. The van der Waals surface area contributed by atoms with Crippen LogP contribution in [0.15, 0.2) is 0 Å². The normalized spacial score (nSPS) is 12.5. The molecule has 0 saturated carbocycles. The molecule has 1 aromatic rings. The third-order valence-electron chi connectivity index (χ3n) is 1.34. The van der Waals surface area contributed by atoms with Crippen LogP contribution in [0.4, 0.5) is 23.3 Å². The Morgan fingerprint density at radius 2 is 1.92 bits per heavy atom. The van der Waals surface area contributed by atoms with E-state index in [0.717, 1.165) is 0 Å². The van der Waals surface area contributed by atoms with Gasteiger partial charge in [0.2, 0.25) is 5.95 Å². The van der Waals surface area contributed by atoms with E-state index in [9.17, 15) is 0 Å². The van der Waals surface area contributed by atoms with Gasteiger partial charge in [-0.3, -0.25) is 0 Å². The summed E-state index contributed by atoms with van der Waals surface area (Å²) in [6.07, 6.45) is -0.781. The first-order valence-electron chi connectivity index (χ1n) is 3.63. The second-order valence-electron chi connectivity index (χ2n) is 2.55. The predicted molar refractivity (Wildman–Crippen MR) is 50.6 cm³/mol. The van der Waals surface area contributed by atoms with Crippen LogP contribution in [-0.2, 0) is 0 Å². The highest BCUT2D eigenvalue weighted by molar-refractivity contribution is 5.74. The lowest BCUT2D eigenvalue weighted by atomic mass is 10.4. The van der Waals surface area contributed by atoms with Gasteiger partial charge in [-0.15, -0.1) is 0 Å². The van der Waals surface area contributed by atoms with Crippen molar-refractivity contribution in [1.29, 1.82) is 0 Å². The molecule has 0 aliphatic carbocycles. The minimum Gasteiger partial charge on any atom is -0.393 e. The highest BCUT2D eigenvalue weighted by atomic mass is 16.3. The van der Waals surface area contributed by atoms with Crippen LogP contribution >= 0.6 is 0 Å². The second-order valence-corrected chi connectivity index (χ2v) is 2.55. The topological polar surface area (TPSA) is 136 Å².